The predicted molar refractivity (Wildman–Crippen MR) is 67.2 cm³/mol. The van der Waals surface area contributed by atoms with Crippen LogP contribution in [0.2, 0.25) is 0 Å². The molecule has 1 amide bonds. The molecule has 4 nitrogen and oxygen atoms in total. The second-order valence-electron chi connectivity index (χ2n) is 4.48. The molecule has 2 aromatic rings. The average molecular weight is 250 g/mol. The minimum Gasteiger partial charge on any atom is -0.465 e. The van der Waals surface area contributed by atoms with Gasteiger partial charge < -0.3 is 15.0 Å². The maximum Gasteiger partial charge on any atom is 0.404 e. The summed E-state index contributed by atoms with van der Waals surface area (Å²) in [4.78, 5) is 10.5. The monoisotopic (exact) mass is 250 g/mol. The number of amides is 1. The minimum atomic E-state index is -1.05. The molecule has 96 valence electrons. The summed E-state index contributed by atoms with van der Waals surface area (Å²) in [6.45, 7) is 1.78. The number of carboxylic acid groups (broad SMARTS) is 1. The van der Waals surface area contributed by atoms with E-state index in [1.807, 2.05) is 17.8 Å². The van der Waals surface area contributed by atoms with Crippen molar-refractivity contribution in [2.75, 3.05) is 0 Å². The zero-order chi connectivity index (χ0) is 13.3. The molecule has 0 aliphatic rings. The van der Waals surface area contributed by atoms with Gasteiger partial charge in [-0.2, -0.15) is 0 Å². The molecule has 0 fully saturated rings. The highest BCUT2D eigenvalue weighted by Gasteiger charge is 2.12. The lowest BCUT2D eigenvalue weighted by Gasteiger charge is -2.10. The van der Waals surface area contributed by atoms with Crippen molar-refractivity contribution < 1.29 is 14.3 Å². The van der Waals surface area contributed by atoms with E-state index in [1.54, 1.807) is 13.0 Å². The highest BCUT2D eigenvalue weighted by atomic mass is 19.1. The Morgan fingerprint density at radius 1 is 1.56 bits per heavy atom. The first-order valence-corrected chi connectivity index (χ1v) is 5.70. The largest absolute Gasteiger partial charge is 0.465 e. The van der Waals surface area contributed by atoms with Crippen LogP contribution in [-0.4, -0.2) is 21.8 Å². The molecule has 1 aromatic heterocycles. The quantitative estimate of drug-likeness (QED) is 0.879. The number of nitrogens with zero attached hydrogens (tertiary/aromatic N) is 1. The third-order valence-electron chi connectivity index (χ3n) is 2.93. The first-order chi connectivity index (χ1) is 8.47. The lowest BCUT2D eigenvalue weighted by atomic mass is 10.1. The standard InChI is InChI=1S/C13H15FN2O2/c1-8(15-13(17)18)5-9-7-16(2)12-4-3-10(14)6-11(9)12/h3-4,6-8,15H,5H2,1-2H3,(H,17,18). The third kappa shape index (κ3) is 2.45. The molecule has 1 unspecified atom stereocenters. The smallest absolute Gasteiger partial charge is 0.404 e. The Bertz CT molecular complexity index is 592. The number of aromatic nitrogens is 1. The van der Waals surface area contributed by atoms with Gasteiger partial charge in [-0.1, -0.05) is 0 Å². The molecule has 5 heteroatoms. The SMILES string of the molecule is CC(Cc1cn(C)c2ccc(F)cc12)NC(=O)O. The van der Waals surface area contributed by atoms with E-state index < -0.39 is 6.09 Å². The van der Waals surface area contributed by atoms with Gasteiger partial charge in [0.2, 0.25) is 0 Å². The van der Waals surface area contributed by atoms with Crippen molar-refractivity contribution in [2.45, 2.75) is 19.4 Å². The second-order valence-corrected chi connectivity index (χ2v) is 4.48. The maximum absolute atomic E-state index is 13.3. The van der Waals surface area contributed by atoms with Crippen LogP contribution < -0.4 is 5.32 Å². The molecule has 0 aliphatic heterocycles. The van der Waals surface area contributed by atoms with E-state index in [-0.39, 0.29) is 11.9 Å². The van der Waals surface area contributed by atoms with Crippen molar-refractivity contribution in [3.05, 3.63) is 35.8 Å². The van der Waals surface area contributed by atoms with Crippen LogP contribution in [0.25, 0.3) is 10.9 Å². The lowest BCUT2D eigenvalue weighted by Crippen LogP contribution is -2.32. The summed E-state index contributed by atoms with van der Waals surface area (Å²) in [5.74, 6) is -0.284. The maximum atomic E-state index is 13.3. The molecule has 1 atom stereocenters. The zero-order valence-corrected chi connectivity index (χ0v) is 10.3. The molecule has 2 N–H and O–H groups in total. The number of fused-ring (bicyclic) bond motifs is 1. The molecule has 18 heavy (non-hydrogen) atoms. The fourth-order valence-electron chi connectivity index (χ4n) is 2.20. The summed E-state index contributed by atoms with van der Waals surface area (Å²) in [6, 6.07) is 4.42. The fourth-order valence-corrected chi connectivity index (χ4v) is 2.20. The first kappa shape index (κ1) is 12.4. The van der Waals surface area contributed by atoms with Crippen molar-refractivity contribution in [1.29, 1.82) is 0 Å². The number of nitrogens with one attached hydrogen (secondary N) is 1. The summed E-state index contributed by atoms with van der Waals surface area (Å²) < 4.78 is 15.2. The number of hydrogen-bond acceptors (Lipinski definition) is 1. The van der Waals surface area contributed by atoms with E-state index in [0.29, 0.717) is 6.42 Å². The summed E-state index contributed by atoms with van der Waals surface area (Å²) in [7, 11) is 1.89. The van der Waals surface area contributed by atoms with Crippen LogP contribution >= 0.6 is 0 Å². The molecule has 0 radical (unpaired) electrons. The molecule has 0 saturated heterocycles. The molecule has 1 heterocycles. The predicted octanol–water partition coefficient (Wildman–Crippen LogP) is 2.52. The molecule has 0 aliphatic carbocycles. The molecule has 0 spiro atoms. The fraction of sp³-hybridized carbons (Fsp3) is 0.308. The van der Waals surface area contributed by atoms with Gasteiger partial charge in [0.25, 0.3) is 0 Å². The Morgan fingerprint density at radius 2 is 2.28 bits per heavy atom. The Hall–Kier alpha value is -2.04. The Balaban J connectivity index is 2.33. The van der Waals surface area contributed by atoms with E-state index in [1.165, 1.54) is 12.1 Å². The van der Waals surface area contributed by atoms with Crippen molar-refractivity contribution in [3.63, 3.8) is 0 Å². The van der Waals surface area contributed by atoms with E-state index in [2.05, 4.69) is 5.32 Å². The molecule has 2 rings (SSSR count). The number of carbonyl (C=O) groups is 1. The van der Waals surface area contributed by atoms with Crippen LogP contribution in [0.5, 0.6) is 0 Å². The van der Waals surface area contributed by atoms with Gasteiger partial charge in [0.05, 0.1) is 0 Å². The van der Waals surface area contributed by atoms with Crippen LogP contribution in [-0.2, 0) is 13.5 Å². The topological polar surface area (TPSA) is 54.3 Å². The molecular formula is C13H15FN2O2. The third-order valence-corrected chi connectivity index (χ3v) is 2.93. The van der Waals surface area contributed by atoms with Gasteiger partial charge in [-0.3, -0.25) is 0 Å². The number of hydrogen-bond donors (Lipinski definition) is 2. The highest BCUT2D eigenvalue weighted by molar-refractivity contribution is 5.84. The van der Waals surface area contributed by atoms with Gasteiger partial charge in [0, 0.05) is 30.2 Å². The van der Waals surface area contributed by atoms with Gasteiger partial charge in [-0.05, 0) is 37.1 Å². The normalized spacial score (nSPS) is 12.6. The van der Waals surface area contributed by atoms with Crippen LogP contribution in [0, 0.1) is 5.82 Å². The summed E-state index contributed by atoms with van der Waals surface area (Å²) in [5.41, 5.74) is 1.88. The van der Waals surface area contributed by atoms with Gasteiger partial charge in [-0.25, -0.2) is 9.18 Å². The van der Waals surface area contributed by atoms with Gasteiger partial charge in [0.1, 0.15) is 5.82 Å². The molecule has 1 aromatic carbocycles. The number of halogens is 1. The van der Waals surface area contributed by atoms with Gasteiger partial charge in [0.15, 0.2) is 0 Å². The van der Waals surface area contributed by atoms with Crippen LogP contribution in [0.3, 0.4) is 0 Å². The Morgan fingerprint density at radius 3 is 2.94 bits per heavy atom. The van der Waals surface area contributed by atoms with E-state index in [9.17, 15) is 9.18 Å². The van der Waals surface area contributed by atoms with E-state index >= 15 is 0 Å². The van der Waals surface area contributed by atoms with Crippen LogP contribution in [0.4, 0.5) is 9.18 Å². The average Bonchev–Trinajstić information content (AvgIpc) is 2.54. The number of rotatable bonds is 3. The van der Waals surface area contributed by atoms with Crippen LogP contribution in [0.1, 0.15) is 12.5 Å². The van der Waals surface area contributed by atoms with Crippen molar-refractivity contribution in [2.24, 2.45) is 7.05 Å². The van der Waals surface area contributed by atoms with Crippen molar-refractivity contribution in [1.82, 2.24) is 9.88 Å². The Kier molecular flexibility index (Phi) is 3.23. The number of aryl methyl sites for hydroxylation is 1. The van der Waals surface area contributed by atoms with Crippen molar-refractivity contribution >= 4 is 17.0 Å². The Labute approximate surface area is 104 Å². The lowest BCUT2D eigenvalue weighted by molar-refractivity contribution is 0.190. The molecular weight excluding hydrogens is 235 g/mol. The summed E-state index contributed by atoms with van der Waals surface area (Å²) >= 11 is 0. The minimum absolute atomic E-state index is 0.212. The number of benzene rings is 1. The van der Waals surface area contributed by atoms with Gasteiger partial charge >= 0.3 is 6.09 Å². The first-order valence-electron chi connectivity index (χ1n) is 5.70. The summed E-state index contributed by atoms with van der Waals surface area (Å²) in [5, 5.41) is 11.9. The van der Waals surface area contributed by atoms with E-state index in [0.717, 1.165) is 16.5 Å². The zero-order valence-electron chi connectivity index (χ0n) is 10.3. The highest BCUT2D eigenvalue weighted by Crippen LogP contribution is 2.22. The van der Waals surface area contributed by atoms with Crippen LogP contribution in [0.15, 0.2) is 24.4 Å². The summed E-state index contributed by atoms with van der Waals surface area (Å²) in [6.07, 6.45) is 1.39. The molecule has 0 bridgehead atoms. The molecule has 0 saturated carbocycles. The van der Waals surface area contributed by atoms with Gasteiger partial charge in [-0.15, -0.1) is 0 Å². The van der Waals surface area contributed by atoms with Crippen molar-refractivity contribution in [3.8, 4) is 0 Å². The van der Waals surface area contributed by atoms with E-state index in [4.69, 9.17) is 5.11 Å². The second kappa shape index (κ2) is 4.68.